The second kappa shape index (κ2) is 8.61. The molecule has 2 heterocycles. The van der Waals surface area contributed by atoms with Gasteiger partial charge >= 0.3 is 0 Å². The van der Waals surface area contributed by atoms with Gasteiger partial charge in [0.2, 0.25) is 0 Å². The molecule has 4 nitrogen and oxygen atoms in total. The van der Waals surface area contributed by atoms with Gasteiger partial charge in [-0.15, -0.1) is 10.2 Å². The molecule has 0 aliphatic heterocycles. The van der Waals surface area contributed by atoms with Crippen molar-refractivity contribution in [1.29, 1.82) is 0 Å². The van der Waals surface area contributed by atoms with Gasteiger partial charge in [-0.2, -0.15) is 0 Å². The minimum absolute atomic E-state index is 0.821. The van der Waals surface area contributed by atoms with Crippen LogP contribution in [-0.4, -0.2) is 19.3 Å². The van der Waals surface area contributed by atoms with Gasteiger partial charge in [0, 0.05) is 27.6 Å². The van der Waals surface area contributed by atoms with Crippen molar-refractivity contribution in [1.82, 2.24) is 19.3 Å². The van der Waals surface area contributed by atoms with Crippen LogP contribution in [-0.2, 0) is 0 Å². The molecule has 0 fully saturated rings. The Morgan fingerprint density at radius 3 is 1.59 bits per heavy atom. The molecule has 37 heavy (non-hydrogen) atoms. The number of benzene rings is 5. The first-order chi connectivity index (χ1) is 18.3. The van der Waals surface area contributed by atoms with Crippen molar-refractivity contribution in [3.05, 3.63) is 133 Å². The second-order valence-electron chi connectivity index (χ2n) is 9.25. The predicted octanol–water partition coefficient (Wildman–Crippen LogP) is 8.01. The predicted molar refractivity (Wildman–Crippen MR) is 151 cm³/mol. The molecule has 0 bridgehead atoms. The molecule has 2 aromatic heterocycles. The Morgan fingerprint density at radius 2 is 0.973 bits per heavy atom. The van der Waals surface area contributed by atoms with Crippen molar-refractivity contribution in [2.45, 2.75) is 6.92 Å². The molecule has 176 valence electrons. The topological polar surface area (TPSA) is 35.6 Å². The molecule has 4 heteroatoms. The molecule has 0 spiro atoms. The van der Waals surface area contributed by atoms with Crippen molar-refractivity contribution < 1.29 is 0 Å². The molecule has 0 radical (unpaired) electrons. The summed E-state index contributed by atoms with van der Waals surface area (Å²) in [5.41, 5.74) is 7.81. The van der Waals surface area contributed by atoms with E-state index >= 15 is 0 Å². The van der Waals surface area contributed by atoms with Crippen molar-refractivity contribution in [3.63, 3.8) is 0 Å². The minimum Gasteiger partial charge on any atom is -0.309 e. The lowest BCUT2D eigenvalue weighted by Crippen LogP contribution is -2.02. The zero-order valence-electron chi connectivity index (χ0n) is 20.4. The first-order valence-electron chi connectivity index (χ1n) is 12.5. The number of rotatable bonds is 4. The molecule has 0 aliphatic rings. The lowest BCUT2D eigenvalue weighted by molar-refractivity contribution is 1.05. The van der Waals surface area contributed by atoms with Crippen LogP contribution in [0.25, 0.3) is 56.0 Å². The van der Waals surface area contributed by atoms with Crippen LogP contribution in [0.3, 0.4) is 0 Å². The average molecular weight is 477 g/mol. The van der Waals surface area contributed by atoms with Gasteiger partial charge in [-0.05, 0) is 55.0 Å². The van der Waals surface area contributed by atoms with Gasteiger partial charge < -0.3 is 4.57 Å². The summed E-state index contributed by atoms with van der Waals surface area (Å²) in [6.07, 6.45) is 0. The summed E-state index contributed by atoms with van der Waals surface area (Å²) in [6.45, 7) is 2.12. The Bertz CT molecular complexity index is 1820. The number of hydrogen-bond donors (Lipinski definition) is 0. The molecular formula is C33H24N4. The molecule has 0 amide bonds. The zero-order valence-corrected chi connectivity index (χ0v) is 20.4. The first kappa shape index (κ1) is 21.3. The maximum atomic E-state index is 4.68. The van der Waals surface area contributed by atoms with Gasteiger partial charge in [0.15, 0.2) is 11.6 Å². The highest BCUT2D eigenvalue weighted by Crippen LogP contribution is 2.34. The van der Waals surface area contributed by atoms with Crippen LogP contribution in [0.2, 0.25) is 0 Å². The first-order valence-corrected chi connectivity index (χ1v) is 12.5. The normalized spacial score (nSPS) is 11.4. The highest BCUT2D eigenvalue weighted by Gasteiger charge is 2.19. The van der Waals surface area contributed by atoms with Gasteiger partial charge in [0.1, 0.15) is 0 Å². The molecule has 7 rings (SSSR count). The maximum absolute atomic E-state index is 4.68. The number of para-hydroxylation sites is 3. The molecular weight excluding hydrogens is 452 g/mol. The molecule has 0 unspecified atom stereocenters. The molecule has 7 aromatic rings. The number of aromatic nitrogens is 4. The fourth-order valence-electron chi connectivity index (χ4n) is 5.25. The van der Waals surface area contributed by atoms with Crippen molar-refractivity contribution >= 4 is 21.8 Å². The van der Waals surface area contributed by atoms with Crippen LogP contribution in [0.1, 0.15) is 5.56 Å². The summed E-state index contributed by atoms with van der Waals surface area (Å²) in [6, 6.07) is 44.4. The SMILES string of the molecule is Cc1ccccc1-n1c(-c2ccccc2)nnc1-c1ccc(-n2c3ccccc3c3ccccc32)cc1. The summed E-state index contributed by atoms with van der Waals surface area (Å²) in [7, 11) is 0. The van der Waals surface area contributed by atoms with Crippen LogP contribution in [0.5, 0.6) is 0 Å². The van der Waals surface area contributed by atoms with Gasteiger partial charge in [-0.1, -0.05) is 84.9 Å². The van der Waals surface area contributed by atoms with Crippen LogP contribution in [0.4, 0.5) is 0 Å². The molecule has 0 N–H and O–H groups in total. The highest BCUT2D eigenvalue weighted by molar-refractivity contribution is 6.09. The van der Waals surface area contributed by atoms with Crippen LogP contribution in [0, 0.1) is 6.92 Å². The molecule has 5 aromatic carbocycles. The largest absolute Gasteiger partial charge is 0.309 e. The zero-order chi connectivity index (χ0) is 24.8. The molecule has 0 atom stereocenters. The van der Waals surface area contributed by atoms with Gasteiger partial charge in [0.25, 0.3) is 0 Å². The summed E-state index contributed by atoms with van der Waals surface area (Å²) >= 11 is 0. The quantitative estimate of drug-likeness (QED) is 0.258. The second-order valence-corrected chi connectivity index (χ2v) is 9.25. The van der Waals surface area contributed by atoms with E-state index in [4.69, 9.17) is 0 Å². The van der Waals surface area contributed by atoms with E-state index in [0.29, 0.717) is 0 Å². The summed E-state index contributed by atoms with van der Waals surface area (Å²) in [5.74, 6) is 1.65. The monoisotopic (exact) mass is 476 g/mol. The van der Waals surface area contributed by atoms with Crippen LogP contribution in [0.15, 0.2) is 127 Å². The number of fused-ring (bicyclic) bond motifs is 3. The van der Waals surface area contributed by atoms with E-state index in [2.05, 4.69) is 135 Å². The molecule has 0 saturated heterocycles. The van der Waals surface area contributed by atoms with Gasteiger partial charge in [0.05, 0.1) is 16.7 Å². The number of nitrogens with zero attached hydrogens (tertiary/aromatic N) is 4. The number of hydrogen-bond acceptors (Lipinski definition) is 2. The van der Waals surface area contributed by atoms with E-state index in [1.165, 1.54) is 27.4 Å². The summed E-state index contributed by atoms with van der Waals surface area (Å²) in [4.78, 5) is 0. The average Bonchev–Trinajstić information content (AvgIpc) is 3.54. The van der Waals surface area contributed by atoms with E-state index in [1.54, 1.807) is 0 Å². The van der Waals surface area contributed by atoms with E-state index in [9.17, 15) is 0 Å². The number of aryl methyl sites for hydroxylation is 1. The van der Waals surface area contributed by atoms with Crippen molar-refractivity contribution in [3.8, 4) is 34.2 Å². The standard InChI is InChI=1S/C33H24N4/c1-23-11-5-8-16-29(23)37-32(24-12-3-2-4-13-24)34-35-33(37)25-19-21-26(22-20-25)36-30-17-9-6-14-27(30)28-15-7-10-18-31(28)36/h2-22H,1H3. The third kappa shape index (κ3) is 3.46. The molecule has 0 aliphatic carbocycles. The van der Waals surface area contributed by atoms with Crippen molar-refractivity contribution in [2.75, 3.05) is 0 Å². The third-order valence-electron chi connectivity index (χ3n) is 7.02. The smallest absolute Gasteiger partial charge is 0.168 e. The van der Waals surface area contributed by atoms with Crippen molar-refractivity contribution in [2.24, 2.45) is 0 Å². The molecule has 0 saturated carbocycles. The van der Waals surface area contributed by atoms with E-state index in [1.807, 2.05) is 18.2 Å². The van der Waals surface area contributed by atoms with E-state index < -0.39 is 0 Å². The lowest BCUT2D eigenvalue weighted by Gasteiger charge is -2.14. The van der Waals surface area contributed by atoms with Gasteiger partial charge in [-0.25, -0.2) is 0 Å². The minimum atomic E-state index is 0.821. The highest BCUT2D eigenvalue weighted by atomic mass is 15.3. The Hall–Kier alpha value is -4.96. The van der Waals surface area contributed by atoms with Crippen LogP contribution < -0.4 is 0 Å². The fourth-order valence-corrected chi connectivity index (χ4v) is 5.25. The maximum Gasteiger partial charge on any atom is 0.168 e. The summed E-state index contributed by atoms with van der Waals surface area (Å²) in [5, 5.41) is 11.8. The van der Waals surface area contributed by atoms with Gasteiger partial charge in [-0.3, -0.25) is 4.57 Å². The Labute approximate surface area is 215 Å². The lowest BCUT2D eigenvalue weighted by atomic mass is 10.1. The van der Waals surface area contributed by atoms with E-state index in [0.717, 1.165) is 34.2 Å². The summed E-state index contributed by atoms with van der Waals surface area (Å²) < 4.78 is 4.50. The Balaban J connectivity index is 1.40. The van der Waals surface area contributed by atoms with E-state index in [-0.39, 0.29) is 0 Å². The Morgan fingerprint density at radius 1 is 0.459 bits per heavy atom. The fraction of sp³-hybridized carbons (Fsp3) is 0.0303. The third-order valence-corrected chi connectivity index (χ3v) is 7.02. The Kier molecular flexibility index (Phi) is 4.96. The van der Waals surface area contributed by atoms with Crippen LogP contribution >= 0.6 is 0 Å².